The molecule has 0 spiro atoms. The van der Waals surface area contributed by atoms with Crippen LogP contribution in [0.2, 0.25) is 0 Å². The monoisotopic (exact) mass is 184 g/mol. The van der Waals surface area contributed by atoms with E-state index >= 15 is 0 Å². The van der Waals surface area contributed by atoms with Gasteiger partial charge < -0.3 is 9.84 Å². The van der Waals surface area contributed by atoms with Crippen molar-refractivity contribution < 1.29 is 27.8 Å². The summed E-state index contributed by atoms with van der Waals surface area (Å²) in [6.45, 7) is 3.01. The Kier molecular flexibility index (Phi) is 3.59. The number of hydrogen-bond donors (Lipinski definition) is 1. The summed E-state index contributed by atoms with van der Waals surface area (Å²) in [6.07, 6.45) is -8.27. The minimum absolute atomic E-state index is 0.793. The summed E-state index contributed by atoms with van der Waals surface area (Å²) in [5.74, 6) is 0. The van der Waals surface area contributed by atoms with Crippen molar-refractivity contribution in [2.45, 2.75) is 18.7 Å². The smallest absolute Gasteiger partial charge is 0.450 e. The van der Waals surface area contributed by atoms with E-state index in [1.54, 1.807) is 0 Å². The zero-order chi connectivity index (χ0) is 9.78. The summed E-state index contributed by atoms with van der Waals surface area (Å²) in [7, 11) is 0. The molecule has 1 atom stereocenters. The minimum atomic E-state index is -4.45. The first kappa shape index (κ1) is 10.8. The van der Waals surface area contributed by atoms with Gasteiger partial charge in [-0.1, -0.05) is 12.7 Å². The van der Waals surface area contributed by atoms with Crippen molar-refractivity contribution in [3.8, 4) is 0 Å². The lowest BCUT2D eigenvalue weighted by atomic mass is 10.2. The molecule has 0 aliphatic carbocycles. The molecule has 0 aliphatic rings. The van der Waals surface area contributed by atoms with Gasteiger partial charge >= 0.3 is 12.3 Å². The highest BCUT2D eigenvalue weighted by Gasteiger charge is 2.32. The summed E-state index contributed by atoms with van der Waals surface area (Å²) in [5, 5.41) is 7.97. The van der Waals surface area contributed by atoms with Gasteiger partial charge in [-0.2, -0.15) is 13.2 Å². The number of hydrogen-bond acceptors (Lipinski definition) is 2. The first-order chi connectivity index (χ1) is 5.35. The Hall–Kier alpha value is -1.20. The third-order valence-corrected chi connectivity index (χ3v) is 0.948. The maximum absolute atomic E-state index is 11.6. The van der Waals surface area contributed by atoms with Crippen molar-refractivity contribution in [2.24, 2.45) is 0 Å². The van der Waals surface area contributed by atoms with E-state index in [4.69, 9.17) is 5.11 Å². The van der Waals surface area contributed by atoms with Crippen molar-refractivity contribution in [2.75, 3.05) is 0 Å². The lowest BCUT2D eigenvalue weighted by Crippen LogP contribution is -2.22. The lowest BCUT2D eigenvalue weighted by molar-refractivity contribution is -0.149. The van der Waals surface area contributed by atoms with Gasteiger partial charge in [0.2, 0.25) is 0 Å². The molecule has 0 saturated heterocycles. The van der Waals surface area contributed by atoms with Crippen molar-refractivity contribution >= 4 is 6.16 Å². The van der Waals surface area contributed by atoms with Gasteiger partial charge in [0.05, 0.1) is 6.42 Å². The zero-order valence-corrected chi connectivity index (χ0v) is 5.97. The van der Waals surface area contributed by atoms with Crippen LogP contribution in [-0.2, 0) is 4.74 Å². The highest BCUT2D eigenvalue weighted by Crippen LogP contribution is 2.23. The molecule has 0 aromatic heterocycles. The van der Waals surface area contributed by atoms with Gasteiger partial charge in [0.25, 0.3) is 0 Å². The van der Waals surface area contributed by atoms with Crippen molar-refractivity contribution in [1.82, 2.24) is 0 Å². The molecule has 0 bridgehead atoms. The van der Waals surface area contributed by atoms with Crippen LogP contribution in [0.1, 0.15) is 6.42 Å². The van der Waals surface area contributed by atoms with Crippen LogP contribution in [0.25, 0.3) is 0 Å². The molecular weight excluding hydrogens is 177 g/mol. The summed E-state index contributed by atoms with van der Waals surface area (Å²) in [5.41, 5.74) is 0. The third kappa shape index (κ3) is 5.57. The van der Waals surface area contributed by atoms with Crippen molar-refractivity contribution in [3.05, 3.63) is 12.7 Å². The fraction of sp³-hybridized carbons (Fsp3) is 0.500. The Bertz CT molecular complexity index is 175. The Labute approximate surface area is 66.4 Å². The van der Waals surface area contributed by atoms with Crippen LogP contribution in [0.5, 0.6) is 0 Å². The van der Waals surface area contributed by atoms with Gasteiger partial charge in [0.1, 0.15) is 6.10 Å². The average Bonchev–Trinajstić information content (AvgIpc) is 1.82. The van der Waals surface area contributed by atoms with Gasteiger partial charge in [-0.15, -0.1) is 0 Å². The second kappa shape index (κ2) is 3.99. The van der Waals surface area contributed by atoms with E-state index in [0.717, 1.165) is 6.08 Å². The Balaban J connectivity index is 4.00. The molecule has 0 saturated carbocycles. The fourth-order valence-corrected chi connectivity index (χ4v) is 0.531. The molecule has 1 N–H and O–H groups in total. The molecule has 3 nitrogen and oxygen atoms in total. The van der Waals surface area contributed by atoms with Gasteiger partial charge in [-0.05, 0) is 0 Å². The number of alkyl halides is 3. The van der Waals surface area contributed by atoms with Crippen LogP contribution >= 0.6 is 0 Å². The zero-order valence-electron chi connectivity index (χ0n) is 5.97. The van der Waals surface area contributed by atoms with Crippen molar-refractivity contribution in [1.29, 1.82) is 0 Å². The lowest BCUT2D eigenvalue weighted by Gasteiger charge is -2.13. The Morgan fingerprint density at radius 1 is 1.67 bits per heavy atom. The summed E-state index contributed by atoms with van der Waals surface area (Å²) in [4.78, 5) is 9.82. The predicted molar refractivity (Wildman–Crippen MR) is 33.8 cm³/mol. The maximum atomic E-state index is 11.6. The Morgan fingerprint density at radius 2 is 2.17 bits per heavy atom. The average molecular weight is 184 g/mol. The molecule has 0 aromatic carbocycles. The molecule has 12 heavy (non-hydrogen) atoms. The van der Waals surface area contributed by atoms with E-state index in [1.165, 1.54) is 0 Å². The van der Waals surface area contributed by atoms with E-state index in [-0.39, 0.29) is 0 Å². The van der Waals surface area contributed by atoms with E-state index in [2.05, 4.69) is 11.3 Å². The van der Waals surface area contributed by atoms with Gasteiger partial charge in [0, 0.05) is 0 Å². The molecule has 6 heteroatoms. The summed E-state index contributed by atoms with van der Waals surface area (Å²) >= 11 is 0. The second-order valence-corrected chi connectivity index (χ2v) is 1.98. The van der Waals surface area contributed by atoms with E-state index in [0.29, 0.717) is 0 Å². The van der Waals surface area contributed by atoms with Crippen LogP contribution in [0.15, 0.2) is 12.7 Å². The molecule has 1 unspecified atom stereocenters. The molecule has 0 aliphatic heterocycles. The molecule has 0 aromatic rings. The van der Waals surface area contributed by atoms with E-state index < -0.39 is 24.9 Å². The molecule has 70 valence electrons. The molecule has 0 radical (unpaired) electrons. The third-order valence-electron chi connectivity index (χ3n) is 0.948. The van der Waals surface area contributed by atoms with Gasteiger partial charge in [-0.3, -0.25) is 0 Å². The summed E-state index contributed by atoms with van der Waals surface area (Å²) < 4.78 is 38.7. The van der Waals surface area contributed by atoms with Gasteiger partial charge in [-0.25, -0.2) is 4.79 Å². The topological polar surface area (TPSA) is 46.5 Å². The van der Waals surface area contributed by atoms with E-state index in [1.807, 2.05) is 0 Å². The van der Waals surface area contributed by atoms with Crippen LogP contribution in [0.3, 0.4) is 0 Å². The highest BCUT2D eigenvalue weighted by atomic mass is 19.4. The molecule has 0 rings (SSSR count). The van der Waals surface area contributed by atoms with Crippen molar-refractivity contribution in [3.63, 3.8) is 0 Å². The number of halogens is 3. The molecular formula is C6H7F3O3. The maximum Gasteiger partial charge on any atom is 0.506 e. The van der Waals surface area contributed by atoms with Crippen LogP contribution in [-0.4, -0.2) is 23.5 Å². The summed E-state index contributed by atoms with van der Waals surface area (Å²) in [6, 6.07) is 0. The Morgan fingerprint density at radius 3 is 2.42 bits per heavy atom. The standard InChI is InChI=1S/C6H7F3O3/c1-2-4(12-5(10)11)3-6(7,8)9/h2,4H,1,3H2,(H,10,11). The number of ether oxygens (including phenoxy) is 1. The quantitative estimate of drug-likeness (QED) is 0.540. The van der Waals surface area contributed by atoms with Crippen LogP contribution < -0.4 is 0 Å². The van der Waals surface area contributed by atoms with Crippen LogP contribution in [0, 0.1) is 0 Å². The first-order valence-electron chi connectivity index (χ1n) is 2.94. The normalized spacial score (nSPS) is 13.6. The first-order valence-corrected chi connectivity index (χ1v) is 2.94. The largest absolute Gasteiger partial charge is 0.506 e. The SMILES string of the molecule is C=CC(CC(F)(F)F)OC(=O)O. The molecule has 0 fully saturated rings. The van der Waals surface area contributed by atoms with Gasteiger partial charge in [0.15, 0.2) is 0 Å². The highest BCUT2D eigenvalue weighted by molar-refractivity contribution is 5.57. The number of carboxylic acid groups (broad SMARTS) is 1. The molecule has 0 heterocycles. The fourth-order valence-electron chi connectivity index (χ4n) is 0.531. The predicted octanol–water partition coefficient (Wildman–Crippen LogP) is 2.19. The van der Waals surface area contributed by atoms with E-state index in [9.17, 15) is 18.0 Å². The minimum Gasteiger partial charge on any atom is -0.450 e. The molecule has 0 amide bonds. The number of carbonyl (C=O) groups is 1. The number of rotatable bonds is 3. The second-order valence-electron chi connectivity index (χ2n) is 1.98. The van der Waals surface area contributed by atoms with Crippen LogP contribution in [0.4, 0.5) is 18.0 Å².